The van der Waals surface area contributed by atoms with E-state index in [2.05, 4.69) is 29.2 Å². The molecule has 2 amide bonds. The average molecular weight is 724 g/mol. The molecule has 1 aliphatic heterocycles. The quantitative estimate of drug-likeness (QED) is 0.114. The van der Waals surface area contributed by atoms with Crippen LogP contribution >= 0.6 is 11.8 Å². The molecule has 4 rings (SSSR count). The number of hydrogen-bond donors (Lipinski definition) is 4. The first-order chi connectivity index (χ1) is 24.0. The number of thioether (sulfide) groups is 1. The summed E-state index contributed by atoms with van der Waals surface area (Å²) in [6.07, 6.45) is 7.76. The van der Waals surface area contributed by atoms with Gasteiger partial charge in [0, 0.05) is 22.4 Å². The van der Waals surface area contributed by atoms with Crippen molar-refractivity contribution in [1.29, 1.82) is 0 Å². The third-order valence-corrected chi connectivity index (χ3v) is 11.6. The molecule has 3 atom stereocenters. The summed E-state index contributed by atoms with van der Waals surface area (Å²) in [6, 6.07) is 19.6. The summed E-state index contributed by atoms with van der Waals surface area (Å²) in [5.41, 5.74) is 1.55. The predicted molar refractivity (Wildman–Crippen MR) is 196 cm³/mol. The molecule has 0 bridgehead atoms. The Morgan fingerprint density at radius 3 is 2.14 bits per heavy atom. The minimum atomic E-state index is -4.00. The minimum absolute atomic E-state index is 0.121. The van der Waals surface area contributed by atoms with Gasteiger partial charge in [0.25, 0.3) is 5.91 Å². The van der Waals surface area contributed by atoms with E-state index in [0.29, 0.717) is 22.4 Å². The van der Waals surface area contributed by atoms with Crippen molar-refractivity contribution in [3.05, 3.63) is 89.5 Å². The first-order valence-corrected chi connectivity index (χ1v) is 20.0. The Hall–Kier alpha value is -3.87. The van der Waals surface area contributed by atoms with Gasteiger partial charge >= 0.3 is 5.97 Å². The number of amides is 2. The molecule has 3 aromatic carbocycles. The van der Waals surface area contributed by atoms with E-state index in [9.17, 15) is 27.9 Å². The lowest BCUT2D eigenvalue weighted by Gasteiger charge is -2.35. The Morgan fingerprint density at radius 1 is 0.960 bits per heavy atom. The first-order valence-electron chi connectivity index (χ1n) is 17.3. The summed E-state index contributed by atoms with van der Waals surface area (Å²) < 4.78 is 37.8. The smallest absolute Gasteiger partial charge is 0.326 e. The van der Waals surface area contributed by atoms with Gasteiger partial charge in [0.2, 0.25) is 15.9 Å². The molecule has 1 aliphatic rings. The van der Waals surface area contributed by atoms with Crippen LogP contribution < -0.4 is 20.1 Å². The van der Waals surface area contributed by atoms with Crippen molar-refractivity contribution in [2.75, 3.05) is 12.9 Å². The Bertz CT molecular complexity index is 1710. The maximum Gasteiger partial charge on any atom is 0.326 e. The third kappa shape index (κ3) is 9.67. The van der Waals surface area contributed by atoms with Gasteiger partial charge in [-0.1, -0.05) is 107 Å². The van der Waals surface area contributed by atoms with E-state index in [1.165, 1.54) is 17.8 Å². The number of hydrogen-bond acceptors (Lipinski definition) is 7. The molecule has 1 unspecified atom stereocenters. The van der Waals surface area contributed by atoms with Crippen LogP contribution in [0.3, 0.4) is 0 Å². The molecule has 10 nitrogen and oxygen atoms in total. The van der Waals surface area contributed by atoms with Crippen molar-refractivity contribution >= 4 is 39.6 Å². The number of aliphatic carboxylic acids is 1. The zero-order valence-electron chi connectivity index (χ0n) is 29.2. The summed E-state index contributed by atoms with van der Waals surface area (Å²) in [7, 11) is -4.00. The van der Waals surface area contributed by atoms with Crippen LogP contribution in [0, 0.1) is 0 Å². The van der Waals surface area contributed by atoms with Gasteiger partial charge in [0.15, 0.2) is 6.61 Å². The molecular weight excluding hydrogens is 675 g/mol. The molecule has 0 saturated carbocycles. The highest BCUT2D eigenvalue weighted by Crippen LogP contribution is 2.46. The molecule has 4 N–H and O–H groups in total. The summed E-state index contributed by atoms with van der Waals surface area (Å²) in [4.78, 5) is 38.9. The van der Waals surface area contributed by atoms with Crippen molar-refractivity contribution in [3.8, 4) is 5.75 Å². The molecule has 3 aromatic rings. The number of fused-ring (bicyclic) bond motifs is 1. The monoisotopic (exact) mass is 723 g/mol. The van der Waals surface area contributed by atoms with Gasteiger partial charge in [-0.25, -0.2) is 17.9 Å². The number of carboxylic acids is 1. The van der Waals surface area contributed by atoms with Crippen LogP contribution in [0.4, 0.5) is 0 Å². The molecule has 12 heteroatoms. The van der Waals surface area contributed by atoms with E-state index in [1.54, 1.807) is 37.3 Å². The molecule has 0 aromatic heterocycles. The number of nitrogens with one attached hydrogen (secondary N) is 3. The summed E-state index contributed by atoms with van der Waals surface area (Å²) >= 11 is 1.39. The Balaban J connectivity index is 1.68. The van der Waals surface area contributed by atoms with Crippen LogP contribution in [-0.4, -0.2) is 55.8 Å². The minimum Gasteiger partial charge on any atom is -0.483 e. The number of sulfonamides is 1. The highest BCUT2D eigenvalue weighted by Gasteiger charge is 2.43. The second-order valence-corrected chi connectivity index (χ2v) is 15.3. The molecule has 270 valence electrons. The molecule has 0 saturated heterocycles. The number of rotatable bonds is 17. The summed E-state index contributed by atoms with van der Waals surface area (Å²) in [5.74, 6) is -2.46. The second-order valence-electron chi connectivity index (χ2n) is 12.8. The van der Waals surface area contributed by atoms with Crippen molar-refractivity contribution < 1.29 is 32.6 Å². The molecule has 0 spiro atoms. The average Bonchev–Trinajstić information content (AvgIpc) is 3.21. The standard InChI is InChI=1S/C38H49N3O7S2/c1-5-8-20-38(21-9-6-2)24-29(26-16-12-10-13-17-26)28-22-32(49-4)31(23-33(28)50(46,47)41-38)48-25-34(42)40-35(27-18-14-11-15-19-27)36(43)39-30(7-3)37(44)45/h10-19,22-23,29-30,35,41H,5-9,20-21,24-25H2,1-4H3,(H,39,43)(H,40,42)(H,44,45)/t29?,30-,35+/m0/s1. The van der Waals surface area contributed by atoms with E-state index in [-0.39, 0.29) is 23.0 Å². The SMILES string of the molecule is CCCCC1(CCCC)CC(c2ccccc2)c2cc(SC)c(OCC(=O)N[C@@H](C(=O)N[C@@H](CC)C(=O)O)c3ccccc3)cc2S(=O)(=O)N1. The Labute approximate surface area is 300 Å². The van der Waals surface area contributed by atoms with E-state index in [4.69, 9.17) is 4.74 Å². The highest BCUT2D eigenvalue weighted by molar-refractivity contribution is 7.98. The van der Waals surface area contributed by atoms with E-state index in [1.807, 2.05) is 42.7 Å². The van der Waals surface area contributed by atoms with Gasteiger partial charge in [-0.2, -0.15) is 0 Å². The first kappa shape index (κ1) is 38.9. The van der Waals surface area contributed by atoms with Gasteiger partial charge in [0.05, 0.1) is 4.90 Å². The van der Waals surface area contributed by atoms with Crippen molar-refractivity contribution in [2.45, 2.75) is 105 Å². The topological polar surface area (TPSA) is 151 Å². The molecule has 0 fully saturated rings. The summed E-state index contributed by atoms with van der Waals surface area (Å²) in [5, 5.41) is 14.6. The molecule has 1 heterocycles. The number of benzene rings is 3. The van der Waals surface area contributed by atoms with Crippen molar-refractivity contribution in [1.82, 2.24) is 15.4 Å². The molecule has 0 radical (unpaired) electrons. The summed E-state index contributed by atoms with van der Waals surface area (Å²) in [6.45, 7) is 5.35. The van der Waals surface area contributed by atoms with Gasteiger partial charge in [-0.3, -0.25) is 9.59 Å². The molecule has 50 heavy (non-hydrogen) atoms. The van der Waals surface area contributed by atoms with E-state index < -0.39 is 52.0 Å². The fourth-order valence-electron chi connectivity index (χ4n) is 6.55. The zero-order chi connectivity index (χ0) is 36.3. The Kier molecular flexibility index (Phi) is 13.9. The maximum absolute atomic E-state index is 14.3. The fourth-order valence-corrected chi connectivity index (χ4v) is 8.85. The number of ether oxygens (including phenoxy) is 1. The van der Waals surface area contributed by atoms with E-state index in [0.717, 1.165) is 44.1 Å². The van der Waals surface area contributed by atoms with Crippen LogP contribution in [0.1, 0.15) is 101 Å². The van der Waals surface area contributed by atoms with Gasteiger partial charge in [-0.05, 0) is 54.7 Å². The third-order valence-electron chi connectivity index (χ3n) is 9.21. The molecule has 0 aliphatic carbocycles. The van der Waals surface area contributed by atoms with E-state index >= 15 is 0 Å². The van der Waals surface area contributed by atoms with Gasteiger partial charge < -0.3 is 20.5 Å². The highest BCUT2D eigenvalue weighted by atomic mass is 32.2. The molecular formula is C38H49N3O7S2. The predicted octanol–water partition coefficient (Wildman–Crippen LogP) is 6.56. The number of carboxylic acid groups (broad SMARTS) is 1. The number of carbonyl (C=O) groups is 3. The van der Waals surface area contributed by atoms with Crippen LogP contribution in [-0.2, 0) is 24.4 Å². The zero-order valence-corrected chi connectivity index (χ0v) is 30.9. The largest absolute Gasteiger partial charge is 0.483 e. The Morgan fingerprint density at radius 2 is 1.58 bits per heavy atom. The van der Waals surface area contributed by atoms with Crippen LogP contribution in [0.25, 0.3) is 0 Å². The lowest BCUT2D eigenvalue weighted by Crippen LogP contribution is -2.48. The normalized spacial score (nSPS) is 17.4. The van der Waals surface area contributed by atoms with Gasteiger partial charge in [0.1, 0.15) is 17.8 Å². The maximum atomic E-state index is 14.3. The lowest BCUT2D eigenvalue weighted by atomic mass is 9.75. The number of carbonyl (C=O) groups excluding carboxylic acids is 2. The van der Waals surface area contributed by atoms with Crippen molar-refractivity contribution in [2.24, 2.45) is 0 Å². The van der Waals surface area contributed by atoms with Crippen LogP contribution in [0.2, 0.25) is 0 Å². The second kappa shape index (κ2) is 17.9. The lowest BCUT2D eigenvalue weighted by molar-refractivity contribution is -0.142. The number of unbranched alkanes of at least 4 members (excludes halogenated alkanes) is 2. The fraction of sp³-hybridized carbons (Fsp3) is 0.447. The van der Waals surface area contributed by atoms with Gasteiger partial charge in [-0.15, -0.1) is 11.8 Å². The van der Waals surface area contributed by atoms with Crippen LogP contribution in [0.5, 0.6) is 5.75 Å². The van der Waals surface area contributed by atoms with Crippen LogP contribution in [0.15, 0.2) is 82.6 Å². The van der Waals surface area contributed by atoms with Crippen molar-refractivity contribution in [3.63, 3.8) is 0 Å².